The first kappa shape index (κ1) is 14.9. The molecular weight excluding hydrogens is 210 g/mol. The normalized spacial score (nSPS) is 21.0. The fourth-order valence-corrected chi connectivity index (χ4v) is 2.83. The van der Waals surface area contributed by atoms with Crippen LogP contribution in [0.4, 0.5) is 0 Å². The van der Waals surface area contributed by atoms with Gasteiger partial charge >= 0.3 is 0 Å². The minimum Gasteiger partial charge on any atom is -0.315 e. The first-order valence-electron chi connectivity index (χ1n) is 7.37. The van der Waals surface area contributed by atoms with Gasteiger partial charge in [-0.25, -0.2) is 0 Å². The van der Waals surface area contributed by atoms with Crippen molar-refractivity contribution in [3.05, 3.63) is 0 Å². The zero-order chi connectivity index (χ0) is 12.7. The molecule has 1 rings (SSSR count). The Hall–Kier alpha value is -0.120. The molecule has 0 aromatic heterocycles. The van der Waals surface area contributed by atoms with Gasteiger partial charge in [-0.05, 0) is 52.5 Å². The third kappa shape index (κ3) is 4.57. The minimum atomic E-state index is 0.702. The Morgan fingerprint density at radius 1 is 1.24 bits per heavy atom. The van der Waals surface area contributed by atoms with Crippen LogP contribution in [0.25, 0.3) is 0 Å². The summed E-state index contributed by atoms with van der Waals surface area (Å²) in [6, 6.07) is 1.49. The lowest BCUT2D eigenvalue weighted by molar-refractivity contribution is 0.0960. The second-order valence-corrected chi connectivity index (χ2v) is 5.20. The maximum Gasteiger partial charge on any atom is 0.0217 e. The molecule has 1 saturated heterocycles. The Balaban J connectivity index is 2.37. The molecule has 0 amide bonds. The molecule has 0 bridgehead atoms. The molecule has 1 aliphatic rings. The second kappa shape index (κ2) is 8.06. The van der Waals surface area contributed by atoms with Crippen LogP contribution in [-0.2, 0) is 0 Å². The number of likely N-dealkylation sites (tertiary alicyclic amines) is 1. The summed E-state index contributed by atoms with van der Waals surface area (Å²) < 4.78 is 0. The maximum atomic E-state index is 3.49. The number of hydrogen-bond donors (Lipinski definition) is 1. The number of piperidine rings is 1. The molecule has 0 saturated carbocycles. The lowest BCUT2D eigenvalue weighted by Crippen LogP contribution is -2.49. The lowest BCUT2D eigenvalue weighted by atomic mass is 10.0. The van der Waals surface area contributed by atoms with E-state index in [2.05, 4.69) is 42.9 Å². The van der Waals surface area contributed by atoms with Gasteiger partial charge in [0.05, 0.1) is 0 Å². The van der Waals surface area contributed by atoms with E-state index in [0.717, 1.165) is 19.1 Å². The zero-order valence-electron chi connectivity index (χ0n) is 12.2. The molecule has 1 N–H and O–H groups in total. The van der Waals surface area contributed by atoms with Crippen LogP contribution >= 0.6 is 0 Å². The zero-order valence-corrected chi connectivity index (χ0v) is 12.2. The van der Waals surface area contributed by atoms with Gasteiger partial charge in [-0.3, -0.25) is 4.90 Å². The average molecular weight is 241 g/mol. The molecule has 3 heteroatoms. The predicted octanol–water partition coefficient (Wildman–Crippen LogP) is 1.79. The standard InChI is InChI=1S/C14H31N3/c1-5-13(12-15-6-2)16(4)14-8-10-17(7-3)11-9-14/h13-15H,5-12H2,1-4H3. The summed E-state index contributed by atoms with van der Waals surface area (Å²) >= 11 is 0. The van der Waals surface area contributed by atoms with Crippen molar-refractivity contribution in [2.24, 2.45) is 0 Å². The monoisotopic (exact) mass is 241 g/mol. The molecule has 0 radical (unpaired) electrons. The van der Waals surface area contributed by atoms with Gasteiger partial charge in [-0.1, -0.05) is 20.8 Å². The van der Waals surface area contributed by atoms with E-state index in [1.165, 1.54) is 38.9 Å². The maximum absolute atomic E-state index is 3.49. The fraction of sp³-hybridized carbons (Fsp3) is 1.00. The van der Waals surface area contributed by atoms with Crippen LogP contribution in [0.3, 0.4) is 0 Å². The molecule has 102 valence electrons. The Labute approximate surface area is 108 Å². The summed E-state index contributed by atoms with van der Waals surface area (Å²) in [5, 5.41) is 3.49. The Morgan fingerprint density at radius 3 is 2.35 bits per heavy atom. The molecule has 0 aliphatic carbocycles. The van der Waals surface area contributed by atoms with E-state index in [1.807, 2.05) is 0 Å². The highest BCUT2D eigenvalue weighted by Crippen LogP contribution is 2.18. The van der Waals surface area contributed by atoms with Crippen molar-refractivity contribution in [3.8, 4) is 0 Å². The van der Waals surface area contributed by atoms with Gasteiger partial charge < -0.3 is 10.2 Å². The van der Waals surface area contributed by atoms with Crippen molar-refractivity contribution in [2.75, 3.05) is 39.8 Å². The van der Waals surface area contributed by atoms with Gasteiger partial charge in [-0.15, -0.1) is 0 Å². The summed E-state index contributed by atoms with van der Waals surface area (Å²) in [4.78, 5) is 5.19. The molecule has 1 heterocycles. The first-order chi connectivity index (χ1) is 8.22. The Bertz CT molecular complexity index is 188. The summed E-state index contributed by atoms with van der Waals surface area (Å²) in [7, 11) is 2.32. The molecule has 0 aromatic carbocycles. The molecule has 1 aliphatic heterocycles. The van der Waals surface area contributed by atoms with Crippen LogP contribution in [0, 0.1) is 0 Å². The highest BCUT2D eigenvalue weighted by Gasteiger charge is 2.25. The third-order valence-electron chi connectivity index (χ3n) is 4.26. The van der Waals surface area contributed by atoms with Crippen LogP contribution in [0.2, 0.25) is 0 Å². The number of rotatable bonds is 7. The topological polar surface area (TPSA) is 18.5 Å². The van der Waals surface area contributed by atoms with Gasteiger partial charge in [-0.2, -0.15) is 0 Å². The first-order valence-corrected chi connectivity index (χ1v) is 7.37. The molecule has 1 fully saturated rings. The van der Waals surface area contributed by atoms with Gasteiger partial charge in [0.15, 0.2) is 0 Å². The van der Waals surface area contributed by atoms with Crippen molar-refractivity contribution < 1.29 is 0 Å². The Kier molecular flexibility index (Phi) is 7.09. The van der Waals surface area contributed by atoms with Crippen LogP contribution in [0.1, 0.15) is 40.0 Å². The van der Waals surface area contributed by atoms with Crippen molar-refractivity contribution in [2.45, 2.75) is 52.1 Å². The van der Waals surface area contributed by atoms with Gasteiger partial charge in [0.25, 0.3) is 0 Å². The molecular formula is C14H31N3. The van der Waals surface area contributed by atoms with E-state index in [9.17, 15) is 0 Å². The van der Waals surface area contributed by atoms with Crippen molar-refractivity contribution in [3.63, 3.8) is 0 Å². The van der Waals surface area contributed by atoms with Crippen LogP contribution in [-0.4, -0.2) is 61.7 Å². The number of likely N-dealkylation sites (N-methyl/N-ethyl adjacent to an activating group) is 2. The van der Waals surface area contributed by atoms with Gasteiger partial charge in [0.1, 0.15) is 0 Å². The number of nitrogens with zero attached hydrogens (tertiary/aromatic N) is 2. The highest BCUT2D eigenvalue weighted by molar-refractivity contribution is 4.82. The van der Waals surface area contributed by atoms with Crippen molar-refractivity contribution >= 4 is 0 Å². The van der Waals surface area contributed by atoms with E-state index < -0.39 is 0 Å². The van der Waals surface area contributed by atoms with E-state index in [-0.39, 0.29) is 0 Å². The van der Waals surface area contributed by atoms with Crippen LogP contribution in [0.15, 0.2) is 0 Å². The molecule has 0 spiro atoms. The van der Waals surface area contributed by atoms with Gasteiger partial charge in [0.2, 0.25) is 0 Å². The lowest BCUT2D eigenvalue weighted by Gasteiger charge is -2.40. The van der Waals surface area contributed by atoms with Crippen molar-refractivity contribution in [1.82, 2.24) is 15.1 Å². The van der Waals surface area contributed by atoms with Crippen LogP contribution < -0.4 is 5.32 Å². The smallest absolute Gasteiger partial charge is 0.0217 e. The van der Waals surface area contributed by atoms with E-state index >= 15 is 0 Å². The number of hydrogen-bond acceptors (Lipinski definition) is 3. The van der Waals surface area contributed by atoms with E-state index in [4.69, 9.17) is 0 Å². The number of nitrogens with one attached hydrogen (secondary N) is 1. The molecule has 1 atom stereocenters. The predicted molar refractivity (Wildman–Crippen MR) is 75.5 cm³/mol. The largest absolute Gasteiger partial charge is 0.315 e. The highest BCUT2D eigenvalue weighted by atomic mass is 15.2. The summed E-state index contributed by atoms with van der Waals surface area (Å²) in [6.45, 7) is 12.8. The van der Waals surface area contributed by atoms with Crippen LogP contribution in [0.5, 0.6) is 0 Å². The second-order valence-electron chi connectivity index (χ2n) is 5.20. The summed E-state index contributed by atoms with van der Waals surface area (Å²) in [6.07, 6.45) is 3.93. The molecule has 1 unspecified atom stereocenters. The SMILES string of the molecule is CCNCC(CC)N(C)C1CCN(CC)CC1. The average Bonchev–Trinajstić information content (AvgIpc) is 2.39. The van der Waals surface area contributed by atoms with E-state index in [1.54, 1.807) is 0 Å². The molecule has 17 heavy (non-hydrogen) atoms. The Morgan fingerprint density at radius 2 is 1.88 bits per heavy atom. The summed E-state index contributed by atoms with van der Waals surface area (Å²) in [5.41, 5.74) is 0. The summed E-state index contributed by atoms with van der Waals surface area (Å²) in [5.74, 6) is 0. The van der Waals surface area contributed by atoms with Crippen molar-refractivity contribution in [1.29, 1.82) is 0 Å². The quantitative estimate of drug-likeness (QED) is 0.733. The fourth-order valence-electron chi connectivity index (χ4n) is 2.83. The third-order valence-corrected chi connectivity index (χ3v) is 4.26. The minimum absolute atomic E-state index is 0.702. The van der Waals surface area contributed by atoms with E-state index in [0.29, 0.717) is 6.04 Å². The molecule has 0 aromatic rings. The molecule has 3 nitrogen and oxygen atoms in total. The van der Waals surface area contributed by atoms with Gasteiger partial charge in [0, 0.05) is 18.6 Å².